The third kappa shape index (κ3) is 4.50. The number of sulfonamides is 1. The molecule has 6 nitrogen and oxygen atoms in total. The molecule has 0 atom stereocenters. The number of halogens is 1. The molecule has 1 heterocycles. The standard InChI is InChI=1S/C8H12ClN3O3S2/c9-6-3-4-8(16-6)17(14,15)11-5-1-2-7(10)12-13/h3-4,11,13H,1-2,5H2,(H2,10,12). The van der Waals surface area contributed by atoms with E-state index in [1.807, 2.05) is 0 Å². The molecular weight excluding hydrogens is 286 g/mol. The number of oxime groups is 1. The Morgan fingerprint density at radius 3 is 2.82 bits per heavy atom. The van der Waals surface area contributed by atoms with Crippen molar-refractivity contribution in [1.29, 1.82) is 0 Å². The third-order valence-corrected chi connectivity index (χ3v) is 5.03. The molecule has 0 aliphatic rings. The molecule has 1 aromatic heterocycles. The van der Waals surface area contributed by atoms with Crippen molar-refractivity contribution in [3.63, 3.8) is 0 Å². The first-order chi connectivity index (χ1) is 7.95. The Hall–Kier alpha value is -0.830. The summed E-state index contributed by atoms with van der Waals surface area (Å²) < 4.78 is 26.4. The number of thiophene rings is 1. The number of nitrogens with two attached hydrogens (primary N) is 1. The summed E-state index contributed by atoms with van der Waals surface area (Å²) in [4.78, 5) is 0. The molecule has 0 bridgehead atoms. The summed E-state index contributed by atoms with van der Waals surface area (Å²) in [6.45, 7) is 0.216. The average Bonchev–Trinajstić information content (AvgIpc) is 2.71. The second kappa shape index (κ2) is 6.20. The van der Waals surface area contributed by atoms with Crippen LogP contribution in [0.1, 0.15) is 12.8 Å². The summed E-state index contributed by atoms with van der Waals surface area (Å²) >= 11 is 6.64. The lowest BCUT2D eigenvalue weighted by molar-refractivity contribution is 0.316. The Morgan fingerprint density at radius 2 is 2.29 bits per heavy atom. The van der Waals surface area contributed by atoms with Gasteiger partial charge in [-0.3, -0.25) is 0 Å². The van der Waals surface area contributed by atoms with Gasteiger partial charge in [-0.05, 0) is 18.6 Å². The Morgan fingerprint density at radius 1 is 1.59 bits per heavy atom. The minimum Gasteiger partial charge on any atom is -0.409 e. The van der Waals surface area contributed by atoms with E-state index >= 15 is 0 Å². The first-order valence-corrected chi connectivity index (χ1v) is 7.35. The van der Waals surface area contributed by atoms with Gasteiger partial charge in [0.05, 0.1) is 4.34 Å². The summed E-state index contributed by atoms with van der Waals surface area (Å²) in [5.74, 6) is 0.0726. The fraction of sp³-hybridized carbons (Fsp3) is 0.375. The fourth-order valence-corrected chi connectivity index (χ4v) is 3.64. The van der Waals surface area contributed by atoms with Crippen molar-refractivity contribution in [2.24, 2.45) is 10.9 Å². The Labute approximate surface area is 108 Å². The molecule has 96 valence electrons. The van der Waals surface area contributed by atoms with Crippen LogP contribution in [0.15, 0.2) is 21.5 Å². The average molecular weight is 298 g/mol. The van der Waals surface area contributed by atoms with Crippen LogP contribution in [0.3, 0.4) is 0 Å². The van der Waals surface area contributed by atoms with Gasteiger partial charge in [-0.2, -0.15) is 0 Å². The zero-order valence-electron chi connectivity index (χ0n) is 8.76. The minimum atomic E-state index is -3.50. The molecule has 0 aromatic carbocycles. The van der Waals surface area contributed by atoms with Gasteiger partial charge in [-0.25, -0.2) is 13.1 Å². The minimum absolute atomic E-state index is 0.0726. The molecule has 1 aromatic rings. The van der Waals surface area contributed by atoms with Crippen LogP contribution in [0, 0.1) is 0 Å². The van der Waals surface area contributed by atoms with Gasteiger partial charge in [0, 0.05) is 13.0 Å². The third-order valence-electron chi connectivity index (χ3n) is 1.84. The van der Waals surface area contributed by atoms with Crippen LogP contribution in [0.2, 0.25) is 4.34 Å². The molecule has 0 aliphatic carbocycles. The molecule has 0 fully saturated rings. The highest BCUT2D eigenvalue weighted by Crippen LogP contribution is 2.25. The molecule has 0 spiro atoms. The quantitative estimate of drug-likeness (QED) is 0.241. The number of nitrogens with zero attached hydrogens (tertiary/aromatic N) is 1. The second-order valence-electron chi connectivity index (χ2n) is 3.15. The van der Waals surface area contributed by atoms with Crippen molar-refractivity contribution < 1.29 is 13.6 Å². The van der Waals surface area contributed by atoms with Crippen molar-refractivity contribution in [2.75, 3.05) is 6.54 Å². The van der Waals surface area contributed by atoms with E-state index in [4.69, 9.17) is 22.5 Å². The highest BCUT2D eigenvalue weighted by atomic mass is 35.5. The van der Waals surface area contributed by atoms with Crippen LogP contribution in [-0.2, 0) is 10.0 Å². The van der Waals surface area contributed by atoms with Gasteiger partial charge in [-0.15, -0.1) is 11.3 Å². The molecule has 0 aliphatic heterocycles. The van der Waals surface area contributed by atoms with Crippen LogP contribution >= 0.6 is 22.9 Å². The van der Waals surface area contributed by atoms with E-state index in [0.717, 1.165) is 11.3 Å². The molecule has 9 heteroatoms. The van der Waals surface area contributed by atoms with Gasteiger partial charge in [0.25, 0.3) is 0 Å². The SMILES string of the molecule is NC(CCCNS(=O)(=O)c1ccc(Cl)s1)=NO. The van der Waals surface area contributed by atoms with Gasteiger partial charge in [0.1, 0.15) is 10.0 Å². The normalized spacial score (nSPS) is 12.9. The van der Waals surface area contributed by atoms with Gasteiger partial charge in [0.15, 0.2) is 0 Å². The maximum atomic E-state index is 11.7. The van der Waals surface area contributed by atoms with E-state index in [9.17, 15) is 8.42 Å². The lowest BCUT2D eigenvalue weighted by Gasteiger charge is -2.03. The van der Waals surface area contributed by atoms with Crippen LogP contribution in [0.4, 0.5) is 0 Å². The summed E-state index contributed by atoms with van der Waals surface area (Å²) in [5, 5.41) is 11.1. The largest absolute Gasteiger partial charge is 0.409 e. The molecule has 0 unspecified atom stereocenters. The topological polar surface area (TPSA) is 105 Å². The van der Waals surface area contributed by atoms with E-state index < -0.39 is 10.0 Å². The fourth-order valence-electron chi connectivity index (χ4n) is 1.04. The lowest BCUT2D eigenvalue weighted by atomic mass is 10.3. The van der Waals surface area contributed by atoms with E-state index in [0.29, 0.717) is 17.2 Å². The van der Waals surface area contributed by atoms with Crippen molar-refractivity contribution in [3.05, 3.63) is 16.5 Å². The van der Waals surface area contributed by atoms with Gasteiger partial charge < -0.3 is 10.9 Å². The first kappa shape index (κ1) is 14.2. The molecule has 0 saturated heterocycles. The van der Waals surface area contributed by atoms with E-state index in [1.165, 1.54) is 12.1 Å². The molecule has 0 amide bonds. The summed E-state index contributed by atoms with van der Waals surface area (Å²) in [6, 6.07) is 2.97. The predicted molar refractivity (Wildman–Crippen MR) is 67.2 cm³/mol. The van der Waals surface area contributed by atoms with E-state index in [-0.39, 0.29) is 16.6 Å². The molecule has 4 N–H and O–H groups in total. The van der Waals surface area contributed by atoms with Crippen LogP contribution in [-0.4, -0.2) is 26.0 Å². The van der Waals surface area contributed by atoms with Crippen LogP contribution in [0.5, 0.6) is 0 Å². The second-order valence-corrected chi connectivity index (χ2v) is 6.86. The van der Waals surface area contributed by atoms with Crippen molar-refractivity contribution in [1.82, 2.24) is 4.72 Å². The van der Waals surface area contributed by atoms with Crippen molar-refractivity contribution >= 4 is 38.8 Å². The smallest absolute Gasteiger partial charge is 0.250 e. The zero-order valence-corrected chi connectivity index (χ0v) is 11.1. The van der Waals surface area contributed by atoms with Gasteiger partial charge in [-0.1, -0.05) is 16.8 Å². The monoisotopic (exact) mass is 297 g/mol. The van der Waals surface area contributed by atoms with Crippen molar-refractivity contribution in [2.45, 2.75) is 17.1 Å². The molecular formula is C8H12ClN3O3S2. The summed E-state index contributed by atoms with van der Waals surface area (Å²) in [5.41, 5.74) is 5.24. The number of rotatable bonds is 6. The molecule has 0 radical (unpaired) electrons. The molecule has 0 saturated carbocycles. The zero-order chi connectivity index (χ0) is 12.9. The number of amidine groups is 1. The number of hydrogen-bond donors (Lipinski definition) is 3. The van der Waals surface area contributed by atoms with Crippen LogP contribution < -0.4 is 10.5 Å². The predicted octanol–water partition coefficient (Wildman–Crippen LogP) is 1.21. The lowest BCUT2D eigenvalue weighted by Crippen LogP contribution is -2.25. The molecule has 1 rings (SSSR count). The number of hydrogen-bond acceptors (Lipinski definition) is 5. The Kier molecular flexibility index (Phi) is 5.19. The maximum Gasteiger partial charge on any atom is 0.250 e. The van der Waals surface area contributed by atoms with Gasteiger partial charge >= 0.3 is 0 Å². The summed E-state index contributed by atoms with van der Waals surface area (Å²) in [7, 11) is -3.50. The van der Waals surface area contributed by atoms with E-state index in [1.54, 1.807) is 0 Å². The van der Waals surface area contributed by atoms with Gasteiger partial charge in [0.2, 0.25) is 10.0 Å². The highest BCUT2D eigenvalue weighted by molar-refractivity contribution is 7.91. The Bertz CT molecular complexity index is 498. The van der Waals surface area contributed by atoms with Crippen LogP contribution in [0.25, 0.3) is 0 Å². The number of nitrogens with one attached hydrogen (secondary N) is 1. The first-order valence-electron chi connectivity index (χ1n) is 4.67. The van der Waals surface area contributed by atoms with Crippen molar-refractivity contribution in [3.8, 4) is 0 Å². The molecule has 17 heavy (non-hydrogen) atoms. The highest BCUT2D eigenvalue weighted by Gasteiger charge is 2.15. The maximum absolute atomic E-state index is 11.7. The van der Waals surface area contributed by atoms with E-state index in [2.05, 4.69) is 9.88 Å². The Balaban J connectivity index is 2.46. The summed E-state index contributed by atoms with van der Waals surface area (Å²) in [6.07, 6.45) is 0.776.